The first-order valence-corrected chi connectivity index (χ1v) is 7.54. The standard InChI is InChI=1S/C16H19NO3S/c1-9(2)13-15(10(3)18)21-16(17-13)11-7-6-8-12(19-4)14(11)20-5/h6-9H,1-5H3. The lowest BCUT2D eigenvalue weighted by Crippen LogP contribution is -1.97. The number of benzene rings is 1. The van der Waals surface area contributed by atoms with Crippen LogP contribution in [0, 0.1) is 0 Å². The van der Waals surface area contributed by atoms with Crippen molar-refractivity contribution in [3.8, 4) is 22.1 Å². The van der Waals surface area contributed by atoms with Crippen LogP contribution in [0.25, 0.3) is 10.6 Å². The van der Waals surface area contributed by atoms with E-state index in [0.29, 0.717) is 16.4 Å². The van der Waals surface area contributed by atoms with Gasteiger partial charge in [-0.15, -0.1) is 11.3 Å². The van der Waals surface area contributed by atoms with Crippen LogP contribution in [0.2, 0.25) is 0 Å². The molecule has 21 heavy (non-hydrogen) atoms. The van der Waals surface area contributed by atoms with E-state index < -0.39 is 0 Å². The number of rotatable bonds is 5. The summed E-state index contributed by atoms with van der Waals surface area (Å²) in [6, 6.07) is 5.65. The first-order chi connectivity index (χ1) is 9.99. The van der Waals surface area contributed by atoms with E-state index >= 15 is 0 Å². The molecule has 0 aliphatic heterocycles. The third-order valence-electron chi connectivity index (χ3n) is 3.15. The SMILES string of the molecule is COc1cccc(-c2nc(C(C)C)c(C(C)=O)s2)c1OC. The molecule has 4 nitrogen and oxygen atoms in total. The van der Waals surface area contributed by atoms with Gasteiger partial charge in [0.15, 0.2) is 17.3 Å². The lowest BCUT2D eigenvalue weighted by molar-refractivity contribution is 0.102. The maximum absolute atomic E-state index is 11.8. The van der Waals surface area contributed by atoms with Gasteiger partial charge in [-0.3, -0.25) is 4.79 Å². The summed E-state index contributed by atoms with van der Waals surface area (Å²) in [4.78, 5) is 17.2. The van der Waals surface area contributed by atoms with Crippen LogP contribution in [0.5, 0.6) is 11.5 Å². The highest BCUT2D eigenvalue weighted by molar-refractivity contribution is 7.17. The first kappa shape index (κ1) is 15.5. The highest BCUT2D eigenvalue weighted by Crippen LogP contribution is 2.41. The number of carbonyl (C=O) groups excluding carboxylic acids is 1. The third kappa shape index (κ3) is 2.93. The number of Topliss-reactive ketones (excluding diaryl/α,β-unsaturated/α-hetero) is 1. The molecule has 0 N–H and O–H groups in total. The van der Waals surface area contributed by atoms with E-state index in [9.17, 15) is 4.79 Å². The minimum Gasteiger partial charge on any atom is -0.493 e. The fourth-order valence-electron chi connectivity index (χ4n) is 2.15. The second kappa shape index (κ2) is 6.26. The molecule has 0 unspecified atom stereocenters. The van der Waals surface area contributed by atoms with Gasteiger partial charge in [0.2, 0.25) is 0 Å². The molecular formula is C16H19NO3S. The molecule has 0 fully saturated rings. The maximum Gasteiger partial charge on any atom is 0.171 e. The summed E-state index contributed by atoms with van der Waals surface area (Å²) in [7, 11) is 3.20. The third-order valence-corrected chi connectivity index (χ3v) is 4.36. The molecule has 5 heteroatoms. The number of aromatic nitrogens is 1. The van der Waals surface area contributed by atoms with Gasteiger partial charge in [-0.1, -0.05) is 19.9 Å². The van der Waals surface area contributed by atoms with Crippen LogP contribution in [0.1, 0.15) is 42.1 Å². The first-order valence-electron chi connectivity index (χ1n) is 6.72. The molecule has 112 valence electrons. The van der Waals surface area contributed by atoms with Crippen molar-refractivity contribution in [1.29, 1.82) is 0 Å². The number of carbonyl (C=O) groups is 1. The summed E-state index contributed by atoms with van der Waals surface area (Å²) < 4.78 is 10.8. The smallest absolute Gasteiger partial charge is 0.171 e. The van der Waals surface area contributed by atoms with Gasteiger partial charge in [0.05, 0.1) is 30.4 Å². The van der Waals surface area contributed by atoms with E-state index in [-0.39, 0.29) is 11.7 Å². The van der Waals surface area contributed by atoms with Crippen molar-refractivity contribution in [2.75, 3.05) is 14.2 Å². The Morgan fingerprint density at radius 1 is 1.24 bits per heavy atom. The second-order valence-corrected chi connectivity index (χ2v) is 5.98. The molecule has 1 aromatic carbocycles. The van der Waals surface area contributed by atoms with Crippen molar-refractivity contribution in [2.45, 2.75) is 26.7 Å². The number of ketones is 1. The topological polar surface area (TPSA) is 48.4 Å². The van der Waals surface area contributed by atoms with Crippen molar-refractivity contribution in [3.63, 3.8) is 0 Å². The van der Waals surface area contributed by atoms with Gasteiger partial charge in [0.1, 0.15) is 5.01 Å². The minimum absolute atomic E-state index is 0.0457. The Morgan fingerprint density at radius 3 is 2.43 bits per heavy atom. The Labute approximate surface area is 128 Å². The van der Waals surface area contributed by atoms with Gasteiger partial charge >= 0.3 is 0 Å². The average molecular weight is 305 g/mol. The summed E-state index contributed by atoms with van der Waals surface area (Å²) >= 11 is 1.40. The number of ether oxygens (including phenoxy) is 2. The van der Waals surface area contributed by atoms with E-state index in [2.05, 4.69) is 4.98 Å². The number of nitrogens with zero attached hydrogens (tertiary/aromatic N) is 1. The molecule has 1 heterocycles. The van der Waals surface area contributed by atoms with Crippen molar-refractivity contribution in [2.24, 2.45) is 0 Å². The number of hydrogen-bond acceptors (Lipinski definition) is 5. The number of methoxy groups -OCH3 is 2. The van der Waals surface area contributed by atoms with E-state index in [1.165, 1.54) is 11.3 Å². The van der Waals surface area contributed by atoms with Gasteiger partial charge < -0.3 is 9.47 Å². The molecule has 0 atom stereocenters. The molecule has 0 radical (unpaired) electrons. The molecule has 0 bridgehead atoms. The highest BCUT2D eigenvalue weighted by atomic mass is 32.1. The summed E-state index contributed by atoms with van der Waals surface area (Å²) in [5.41, 5.74) is 1.68. The summed E-state index contributed by atoms with van der Waals surface area (Å²) in [6.07, 6.45) is 0. The Morgan fingerprint density at radius 2 is 1.95 bits per heavy atom. The number of thiazole rings is 1. The maximum atomic E-state index is 11.8. The summed E-state index contributed by atoms with van der Waals surface area (Å²) in [5.74, 6) is 1.54. The largest absolute Gasteiger partial charge is 0.493 e. The Hall–Kier alpha value is -1.88. The molecule has 2 aromatic rings. The minimum atomic E-state index is 0.0457. The molecule has 1 aromatic heterocycles. The number of hydrogen-bond donors (Lipinski definition) is 0. The Bertz CT molecular complexity index is 662. The zero-order valence-corrected chi connectivity index (χ0v) is 13.7. The van der Waals surface area contributed by atoms with Crippen LogP contribution >= 0.6 is 11.3 Å². The van der Waals surface area contributed by atoms with Gasteiger partial charge in [-0.05, 0) is 18.1 Å². The van der Waals surface area contributed by atoms with Crippen molar-refractivity contribution < 1.29 is 14.3 Å². The quantitative estimate of drug-likeness (QED) is 0.778. The van der Waals surface area contributed by atoms with Crippen LogP contribution in [-0.2, 0) is 0 Å². The molecule has 0 amide bonds. The molecular weight excluding hydrogens is 286 g/mol. The van der Waals surface area contributed by atoms with E-state index in [1.807, 2.05) is 32.0 Å². The van der Waals surface area contributed by atoms with Crippen LogP contribution in [0.3, 0.4) is 0 Å². The van der Waals surface area contributed by atoms with E-state index in [0.717, 1.165) is 16.3 Å². The zero-order valence-electron chi connectivity index (χ0n) is 12.9. The monoisotopic (exact) mass is 305 g/mol. The molecule has 2 rings (SSSR count). The lowest BCUT2D eigenvalue weighted by atomic mass is 10.1. The molecule has 0 aliphatic carbocycles. The number of para-hydroxylation sites is 1. The molecule has 0 saturated heterocycles. The van der Waals surface area contributed by atoms with Crippen LogP contribution in [0.15, 0.2) is 18.2 Å². The molecule has 0 spiro atoms. The molecule has 0 saturated carbocycles. The van der Waals surface area contributed by atoms with E-state index in [1.54, 1.807) is 21.1 Å². The van der Waals surface area contributed by atoms with Crippen molar-refractivity contribution >= 4 is 17.1 Å². The predicted octanol–water partition coefficient (Wildman–Crippen LogP) is 4.15. The normalized spacial score (nSPS) is 10.8. The fourth-order valence-corrected chi connectivity index (χ4v) is 3.28. The van der Waals surface area contributed by atoms with Crippen LogP contribution < -0.4 is 9.47 Å². The fraction of sp³-hybridized carbons (Fsp3) is 0.375. The second-order valence-electron chi connectivity index (χ2n) is 4.99. The summed E-state index contributed by atoms with van der Waals surface area (Å²) in [6.45, 7) is 5.65. The van der Waals surface area contributed by atoms with Gasteiger partial charge in [-0.2, -0.15) is 0 Å². The van der Waals surface area contributed by atoms with Crippen molar-refractivity contribution in [3.05, 3.63) is 28.8 Å². The van der Waals surface area contributed by atoms with Crippen molar-refractivity contribution in [1.82, 2.24) is 4.98 Å². The highest BCUT2D eigenvalue weighted by Gasteiger charge is 2.21. The predicted molar refractivity (Wildman–Crippen MR) is 84.7 cm³/mol. The average Bonchev–Trinajstić information content (AvgIpc) is 2.91. The Kier molecular flexibility index (Phi) is 4.63. The van der Waals surface area contributed by atoms with E-state index in [4.69, 9.17) is 9.47 Å². The van der Waals surface area contributed by atoms with Crippen LogP contribution in [0.4, 0.5) is 0 Å². The van der Waals surface area contributed by atoms with Gasteiger partial charge in [0.25, 0.3) is 0 Å². The van der Waals surface area contributed by atoms with Gasteiger partial charge in [0, 0.05) is 6.92 Å². The Balaban J connectivity index is 2.62. The lowest BCUT2D eigenvalue weighted by Gasteiger charge is -2.10. The zero-order chi connectivity index (χ0) is 15.6. The summed E-state index contributed by atoms with van der Waals surface area (Å²) in [5, 5.41) is 0.777. The van der Waals surface area contributed by atoms with Crippen LogP contribution in [-0.4, -0.2) is 25.0 Å². The molecule has 0 aliphatic rings. The van der Waals surface area contributed by atoms with Gasteiger partial charge in [-0.25, -0.2) is 4.98 Å².